The fourth-order valence-corrected chi connectivity index (χ4v) is 4.58. The molecule has 122 valence electrons. The maximum Gasteiger partial charge on any atom is 0.243 e. The third kappa shape index (κ3) is 3.68. The molecule has 0 radical (unpaired) electrons. The monoisotopic (exact) mass is 324 g/mol. The Labute approximate surface area is 132 Å². The van der Waals surface area contributed by atoms with Crippen LogP contribution in [-0.4, -0.2) is 63.1 Å². The number of ether oxygens (including phenoxy) is 1. The van der Waals surface area contributed by atoms with Crippen LogP contribution in [0.5, 0.6) is 0 Å². The summed E-state index contributed by atoms with van der Waals surface area (Å²) in [5.74, 6) is 0. The van der Waals surface area contributed by atoms with E-state index in [-0.39, 0.29) is 0 Å². The van der Waals surface area contributed by atoms with Gasteiger partial charge in [-0.3, -0.25) is 0 Å². The van der Waals surface area contributed by atoms with Gasteiger partial charge in [0.05, 0.1) is 11.0 Å². The Balaban J connectivity index is 1.51. The average molecular weight is 324 g/mol. The van der Waals surface area contributed by atoms with Gasteiger partial charge in [-0.05, 0) is 31.4 Å². The van der Waals surface area contributed by atoms with Crippen molar-refractivity contribution in [3.8, 4) is 0 Å². The van der Waals surface area contributed by atoms with Crippen LogP contribution in [0.4, 0.5) is 0 Å². The zero-order chi connectivity index (χ0) is 15.4. The van der Waals surface area contributed by atoms with Gasteiger partial charge >= 0.3 is 0 Å². The zero-order valence-corrected chi connectivity index (χ0v) is 13.7. The standard InChI is InChI=1S/C16H24N2O3S/c19-22(20,16-6-2-1-3-7-16)18-12-10-17(11-13-18)9-8-15-5-4-14-21-15/h1-3,6-7,15H,4-5,8-14H2/t15-/m0/s1. The summed E-state index contributed by atoms with van der Waals surface area (Å²) in [6, 6.07) is 8.70. The van der Waals surface area contributed by atoms with Crippen LogP contribution in [0.2, 0.25) is 0 Å². The molecule has 0 N–H and O–H groups in total. The summed E-state index contributed by atoms with van der Waals surface area (Å²) in [5, 5.41) is 0. The molecule has 2 fully saturated rings. The number of hydrogen-bond acceptors (Lipinski definition) is 4. The van der Waals surface area contributed by atoms with Crippen molar-refractivity contribution < 1.29 is 13.2 Å². The summed E-state index contributed by atoms with van der Waals surface area (Å²) < 4.78 is 32.3. The molecule has 6 heteroatoms. The van der Waals surface area contributed by atoms with E-state index in [1.807, 2.05) is 6.07 Å². The first kappa shape index (κ1) is 15.9. The molecule has 2 aliphatic heterocycles. The van der Waals surface area contributed by atoms with Crippen molar-refractivity contribution in [2.45, 2.75) is 30.3 Å². The molecule has 2 heterocycles. The molecule has 1 aromatic carbocycles. The van der Waals surface area contributed by atoms with Crippen LogP contribution in [0.25, 0.3) is 0 Å². The fraction of sp³-hybridized carbons (Fsp3) is 0.625. The highest BCUT2D eigenvalue weighted by molar-refractivity contribution is 7.89. The zero-order valence-electron chi connectivity index (χ0n) is 12.9. The van der Waals surface area contributed by atoms with E-state index in [4.69, 9.17) is 4.74 Å². The summed E-state index contributed by atoms with van der Waals surface area (Å²) in [6.45, 7) is 4.65. The highest BCUT2D eigenvalue weighted by Gasteiger charge is 2.28. The molecular weight excluding hydrogens is 300 g/mol. The minimum absolute atomic E-state index is 0.391. The van der Waals surface area contributed by atoms with Gasteiger partial charge < -0.3 is 9.64 Å². The molecule has 0 amide bonds. The van der Waals surface area contributed by atoms with Gasteiger partial charge in [0, 0.05) is 39.3 Å². The molecular formula is C16H24N2O3S. The van der Waals surface area contributed by atoms with Crippen LogP contribution in [0, 0.1) is 0 Å². The molecule has 22 heavy (non-hydrogen) atoms. The number of sulfonamides is 1. The van der Waals surface area contributed by atoms with Gasteiger partial charge in [0.1, 0.15) is 0 Å². The molecule has 0 saturated carbocycles. The van der Waals surface area contributed by atoms with E-state index in [1.54, 1.807) is 28.6 Å². The van der Waals surface area contributed by atoms with Gasteiger partial charge in [-0.15, -0.1) is 0 Å². The van der Waals surface area contributed by atoms with Gasteiger partial charge in [0.15, 0.2) is 0 Å². The van der Waals surface area contributed by atoms with E-state index >= 15 is 0 Å². The van der Waals surface area contributed by atoms with Gasteiger partial charge in [-0.1, -0.05) is 18.2 Å². The first-order valence-electron chi connectivity index (χ1n) is 8.05. The highest BCUT2D eigenvalue weighted by atomic mass is 32.2. The number of benzene rings is 1. The van der Waals surface area contributed by atoms with Crippen molar-refractivity contribution in [3.63, 3.8) is 0 Å². The lowest BCUT2D eigenvalue weighted by Crippen LogP contribution is -2.49. The summed E-state index contributed by atoms with van der Waals surface area (Å²) in [4.78, 5) is 2.74. The molecule has 0 aromatic heterocycles. The minimum atomic E-state index is -3.33. The summed E-state index contributed by atoms with van der Waals surface area (Å²) in [6.07, 6.45) is 3.81. The third-order valence-electron chi connectivity index (χ3n) is 4.50. The SMILES string of the molecule is O=S(=O)(c1ccccc1)N1CCN(CC[C@@H]2CCCO2)CC1. The number of piperazine rings is 1. The molecule has 0 bridgehead atoms. The van der Waals surface area contributed by atoms with Crippen molar-refractivity contribution in [1.82, 2.24) is 9.21 Å². The van der Waals surface area contributed by atoms with Crippen molar-refractivity contribution in [1.29, 1.82) is 0 Å². The molecule has 0 spiro atoms. The lowest BCUT2D eigenvalue weighted by Gasteiger charge is -2.34. The summed E-state index contributed by atoms with van der Waals surface area (Å²) in [5.41, 5.74) is 0. The number of nitrogens with zero attached hydrogens (tertiary/aromatic N) is 2. The van der Waals surface area contributed by atoms with Crippen molar-refractivity contribution in [3.05, 3.63) is 30.3 Å². The first-order valence-corrected chi connectivity index (χ1v) is 9.49. The Morgan fingerprint density at radius 2 is 1.82 bits per heavy atom. The largest absolute Gasteiger partial charge is 0.378 e. The van der Waals surface area contributed by atoms with Gasteiger partial charge in [0.25, 0.3) is 0 Å². The Bertz CT molecular complexity index is 562. The molecule has 2 saturated heterocycles. The maximum absolute atomic E-state index is 12.5. The Morgan fingerprint density at radius 1 is 1.09 bits per heavy atom. The second-order valence-corrected chi connectivity index (χ2v) is 7.92. The molecule has 2 aliphatic rings. The Hall–Kier alpha value is -0.950. The van der Waals surface area contributed by atoms with Crippen LogP contribution in [0.3, 0.4) is 0 Å². The van der Waals surface area contributed by atoms with Gasteiger partial charge in [-0.2, -0.15) is 4.31 Å². The van der Waals surface area contributed by atoms with E-state index in [0.717, 1.165) is 32.7 Å². The second-order valence-electron chi connectivity index (χ2n) is 5.98. The minimum Gasteiger partial charge on any atom is -0.378 e. The maximum atomic E-state index is 12.5. The first-order chi connectivity index (χ1) is 10.7. The Morgan fingerprint density at radius 3 is 2.45 bits per heavy atom. The predicted molar refractivity (Wildman–Crippen MR) is 85.2 cm³/mol. The predicted octanol–water partition coefficient (Wildman–Crippen LogP) is 1.56. The molecule has 1 atom stereocenters. The van der Waals surface area contributed by atoms with Crippen LogP contribution >= 0.6 is 0 Å². The van der Waals surface area contributed by atoms with Crippen LogP contribution in [-0.2, 0) is 14.8 Å². The fourth-order valence-electron chi connectivity index (χ4n) is 3.13. The summed E-state index contributed by atoms with van der Waals surface area (Å²) >= 11 is 0. The Kier molecular flexibility index (Phi) is 5.13. The van der Waals surface area contributed by atoms with Gasteiger partial charge in [0.2, 0.25) is 10.0 Å². The van der Waals surface area contributed by atoms with Gasteiger partial charge in [-0.25, -0.2) is 8.42 Å². The van der Waals surface area contributed by atoms with Crippen molar-refractivity contribution >= 4 is 10.0 Å². The quantitative estimate of drug-likeness (QED) is 0.825. The van der Waals surface area contributed by atoms with Crippen LogP contribution < -0.4 is 0 Å². The molecule has 5 nitrogen and oxygen atoms in total. The average Bonchev–Trinajstić information content (AvgIpc) is 3.08. The second kappa shape index (κ2) is 7.08. The van der Waals surface area contributed by atoms with E-state index in [2.05, 4.69) is 4.90 Å². The third-order valence-corrected chi connectivity index (χ3v) is 6.42. The summed E-state index contributed by atoms with van der Waals surface area (Å²) in [7, 11) is -3.33. The number of hydrogen-bond donors (Lipinski definition) is 0. The normalized spacial score (nSPS) is 24.6. The van der Waals surface area contributed by atoms with E-state index in [1.165, 1.54) is 12.8 Å². The molecule has 0 aliphatic carbocycles. The number of rotatable bonds is 5. The van der Waals surface area contributed by atoms with Crippen LogP contribution in [0.1, 0.15) is 19.3 Å². The van der Waals surface area contributed by atoms with E-state index in [9.17, 15) is 8.42 Å². The van der Waals surface area contributed by atoms with E-state index in [0.29, 0.717) is 24.1 Å². The van der Waals surface area contributed by atoms with E-state index < -0.39 is 10.0 Å². The molecule has 0 unspecified atom stereocenters. The lowest BCUT2D eigenvalue weighted by atomic mass is 10.1. The lowest BCUT2D eigenvalue weighted by molar-refractivity contribution is 0.0860. The molecule has 3 rings (SSSR count). The highest BCUT2D eigenvalue weighted by Crippen LogP contribution is 2.19. The molecule has 1 aromatic rings. The van der Waals surface area contributed by atoms with Crippen molar-refractivity contribution in [2.75, 3.05) is 39.3 Å². The van der Waals surface area contributed by atoms with Crippen molar-refractivity contribution in [2.24, 2.45) is 0 Å². The smallest absolute Gasteiger partial charge is 0.243 e. The topological polar surface area (TPSA) is 49.9 Å². The van der Waals surface area contributed by atoms with Crippen LogP contribution in [0.15, 0.2) is 35.2 Å².